The molecule has 2 aromatic carbocycles. The second-order valence-electron chi connectivity index (χ2n) is 9.18. The van der Waals surface area contributed by atoms with Crippen LogP contribution in [0.25, 0.3) is 0 Å². The standard InChI is InChI=1S/C25H25FN4O3S.C3H8.C2H6.CH2F2O.CH3NO/c26-18-5-9-20(10-6-18)33-19-7-3-16(4-8-19)12-23(31)30-11-1-2-22(30)25(32)29-14-21-13-17(15-34-21)24(27)28;1-3-2;1-2;2-1(3)4;2-1-3/h3-10,13,15,22H,1-2,11-12,14H2,(H3,27,28)(H,29,32);3H2,1-2H3;1-2H3;1,4H;1H,(H2,2,3). The maximum Gasteiger partial charge on any atom is 0.342 e. The minimum atomic E-state index is -3.17. The lowest BCUT2D eigenvalue weighted by atomic mass is 10.1. The van der Waals surface area contributed by atoms with Gasteiger partial charge in [0.05, 0.1) is 13.0 Å². The smallest absolute Gasteiger partial charge is 0.342 e. The van der Waals surface area contributed by atoms with E-state index in [1.807, 2.05) is 26.0 Å². The predicted octanol–water partition coefficient (Wildman–Crippen LogP) is 5.56. The molecule has 0 aliphatic carbocycles. The molecule has 3 aromatic rings. The second-order valence-corrected chi connectivity index (χ2v) is 10.2. The monoisotopic (exact) mass is 667 g/mol. The zero-order chi connectivity index (χ0) is 35.1. The topological polar surface area (TPSA) is 172 Å². The number of nitrogens with two attached hydrogens (primary N) is 2. The van der Waals surface area contributed by atoms with Crippen LogP contribution >= 0.6 is 11.3 Å². The summed E-state index contributed by atoms with van der Waals surface area (Å²) in [6, 6.07) is 14.2. The Balaban J connectivity index is 0.00000147. The molecule has 14 heteroatoms. The maximum absolute atomic E-state index is 13.0. The fourth-order valence-corrected chi connectivity index (χ4v) is 4.66. The van der Waals surface area contributed by atoms with E-state index in [2.05, 4.69) is 24.9 Å². The van der Waals surface area contributed by atoms with Gasteiger partial charge in [-0.2, -0.15) is 8.78 Å². The molecule has 3 amide bonds. The Morgan fingerprint density at radius 2 is 1.63 bits per heavy atom. The van der Waals surface area contributed by atoms with Gasteiger partial charge in [0, 0.05) is 22.4 Å². The van der Waals surface area contributed by atoms with Gasteiger partial charge in [-0.15, -0.1) is 11.3 Å². The molecule has 2 heterocycles. The van der Waals surface area contributed by atoms with E-state index in [9.17, 15) is 22.8 Å². The molecule has 0 bridgehead atoms. The zero-order valence-corrected chi connectivity index (χ0v) is 27.3. The zero-order valence-electron chi connectivity index (χ0n) is 26.5. The summed E-state index contributed by atoms with van der Waals surface area (Å²) in [5.41, 5.74) is 11.1. The highest BCUT2D eigenvalue weighted by molar-refractivity contribution is 7.10. The molecule has 1 unspecified atom stereocenters. The Morgan fingerprint density at radius 1 is 1.13 bits per heavy atom. The normalized spacial score (nSPS) is 12.8. The van der Waals surface area contributed by atoms with Gasteiger partial charge in [0.15, 0.2) is 0 Å². The number of amidine groups is 1. The van der Waals surface area contributed by atoms with Crippen LogP contribution in [0, 0.1) is 11.2 Å². The Labute approximate surface area is 272 Å². The van der Waals surface area contributed by atoms with Crippen LogP contribution in [0.1, 0.15) is 63.0 Å². The van der Waals surface area contributed by atoms with Gasteiger partial charge < -0.3 is 31.5 Å². The van der Waals surface area contributed by atoms with Gasteiger partial charge in [0.25, 0.3) is 0 Å². The minimum Gasteiger partial charge on any atom is -0.457 e. The lowest BCUT2D eigenvalue weighted by molar-refractivity contribution is -0.138. The van der Waals surface area contributed by atoms with Crippen molar-refractivity contribution < 1.29 is 37.4 Å². The summed E-state index contributed by atoms with van der Waals surface area (Å²) in [5, 5.41) is 18.9. The van der Waals surface area contributed by atoms with Crippen molar-refractivity contribution in [1.82, 2.24) is 10.2 Å². The number of hydrogen-bond acceptors (Lipinski definition) is 7. The number of carbonyl (C=O) groups excluding carboxylic acids is 3. The van der Waals surface area contributed by atoms with Crippen molar-refractivity contribution in [3.8, 4) is 11.5 Å². The van der Waals surface area contributed by atoms with Crippen LogP contribution in [-0.4, -0.2) is 53.3 Å². The Kier molecular flexibility index (Phi) is 21.6. The van der Waals surface area contributed by atoms with Gasteiger partial charge in [0.2, 0.25) is 18.2 Å². The number of thiophene rings is 1. The van der Waals surface area contributed by atoms with Crippen molar-refractivity contribution in [3.05, 3.63) is 81.8 Å². The van der Waals surface area contributed by atoms with E-state index in [1.54, 1.807) is 40.6 Å². The summed E-state index contributed by atoms with van der Waals surface area (Å²) in [4.78, 5) is 36.8. The lowest BCUT2D eigenvalue weighted by Gasteiger charge is -2.24. The lowest BCUT2D eigenvalue weighted by Crippen LogP contribution is -2.46. The number of rotatable bonds is 8. The molecular formula is C32H44F3N5O5S. The summed E-state index contributed by atoms with van der Waals surface area (Å²) in [6.07, 6.45) is 3.10. The molecular weight excluding hydrogens is 623 g/mol. The van der Waals surface area contributed by atoms with Crippen molar-refractivity contribution in [2.75, 3.05) is 6.54 Å². The van der Waals surface area contributed by atoms with E-state index in [0.29, 0.717) is 36.6 Å². The fraction of sp³-hybridized carbons (Fsp3) is 0.375. The van der Waals surface area contributed by atoms with Gasteiger partial charge in [0.1, 0.15) is 29.2 Å². The third-order valence-electron chi connectivity index (χ3n) is 5.61. The predicted molar refractivity (Wildman–Crippen MR) is 174 cm³/mol. The summed E-state index contributed by atoms with van der Waals surface area (Å²) < 4.78 is 38.5. The fourth-order valence-electron chi connectivity index (χ4n) is 3.83. The molecule has 1 atom stereocenters. The van der Waals surface area contributed by atoms with E-state index >= 15 is 0 Å². The van der Waals surface area contributed by atoms with Crippen molar-refractivity contribution in [3.63, 3.8) is 0 Å². The van der Waals surface area contributed by atoms with Crippen molar-refractivity contribution in [1.29, 1.82) is 5.41 Å². The number of nitrogens with zero attached hydrogens (tertiary/aromatic N) is 1. The molecule has 10 nitrogen and oxygen atoms in total. The van der Waals surface area contributed by atoms with Crippen LogP contribution in [0.3, 0.4) is 0 Å². The molecule has 1 fully saturated rings. The van der Waals surface area contributed by atoms with Gasteiger partial charge in [-0.25, -0.2) is 4.39 Å². The number of alkyl halides is 2. The van der Waals surface area contributed by atoms with Crippen molar-refractivity contribution in [2.24, 2.45) is 11.5 Å². The molecule has 1 aromatic heterocycles. The Bertz CT molecular complexity index is 1310. The van der Waals surface area contributed by atoms with Crippen molar-refractivity contribution >= 4 is 35.4 Å². The third kappa shape index (κ3) is 16.6. The highest BCUT2D eigenvalue weighted by Crippen LogP contribution is 2.24. The van der Waals surface area contributed by atoms with Gasteiger partial charge in [-0.05, 0) is 60.9 Å². The number of ether oxygens (including phenoxy) is 1. The molecule has 0 saturated carbocycles. The van der Waals surface area contributed by atoms with Crippen LogP contribution in [0.15, 0.2) is 60.0 Å². The Hall–Kier alpha value is -4.43. The van der Waals surface area contributed by atoms with Crippen LogP contribution in [0.2, 0.25) is 0 Å². The number of carbonyl (C=O) groups is 3. The minimum absolute atomic E-state index is 0.00329. The van der Waals surface area contributed by atoms with Gasteiger partial charge >= 0.3 is 6.61 Å². The Morgan fingerprint density at radius 3 is 2.11 bits per heavy atom. The van der Waals surface area contributed by atoms with Gasteiger partial charge in [-0.1, -0.05) is 46.2 Å². The number of halogens is 3. The van der Waals surface area contributed by atoms with Crippen LogP contribution < -0.4 is 21.5 Å². The molecule has 1 saturated heterocycles. The summed E-state index contributed by atoms with van der Waals surface area (Å²) >= 11 is 1.43. The number of hydrogen-bond donors (Lipinski definition) is 5. The van der Waals surface area contributed by atoms with Gasteiger partial charge in [-0.3, -0.25) is 19.8 Å². The number of primary amides is 1. The number of likely N-dealkylation sites (tertiary alicyclic amines) is 1. The maximum atomic E-state index is 13.0. The number of amides is 3. The molecule has 0 spiro atoms. The van der Waals surface area contributed by atoms with Crippen molar-refractivity contribution in [2.45, 2.75) is 72.6 Å². The molecule has 1 aliphatic rings. The van der Waals surface area contributed by atoms with Crippen LogP contribution in [0.5, 0.6) is 11.5 Å². The molecule has 7 N–H and O–H groups in total. The number of aliphatic hydroxyl groups is 1. The van der Waals surface area contributed by atoms with E-state index in [0.717, 1.165) is 16.9 Å². The first-order valence-electron chi connectivity index (χ1n) is 14.6. The average molecular weight is 668 g/mol. The SMILES string of the molecule is CC.CCC.N=C(N)c1csc(CNC(=O)C2CCCN2C(=O)Cc2ccc(Oc3ccc(F)cc3)cc2)c1.NC=O.OC(F)F. The summed E-state index contributed by atoms with van der Waals surface area (Å²) in [6.45, 7) is 5.97. The highest BCUT2D eigenvalue weighted by atomic mass is 32.1. The van der Waals surface area contributed by atoms with E-state index in [4.69, 9.17) is 25.8 Å². The first kappa shape index (κ1) is 41.6. The molecule has 4 rings (SSSR count). The average Bonchev–Trinajstić information content (AvgIpc) is 3.71. The quantitative estimate of drug-likeness (QED) is 0.120. The highest BCUT2D eigenvalue weighted by Gasteiger charge is 2.33. The van der Waals surface area contributed by atoms with E-state index in [1.165, 1.54) is 29.9 Å². The number of nitrogen functional groups attached to an aromatic ring is 1. The van der Waals surface area contributed by atoms with Crippen LogP contribution in [0.4, 0.5) is 13.2 Å². The summed E-state index contributed by atoms with van der Waals surface area (Å²) in [5.74, 6) is 0.505. The first-order valence-corrected chi connectivity index (χ1v) is 15.5. The molecule has 1 aliphatic heterocycles. The largest absolute Gasteiger partial charge is 0.457 e. The number of nitrogens with one attached hydrogen (secondary N) is 2. The number of benzene rings is 2. The molecule has 254 valence electrons. The molecule has 46 heavy (non-hydrogen) atoms. The van der Waals surface area contributed by atoms with E-state index < -0.39 is 12.7 Å². The van der Waals surface area contributed by atoms with E-state index in [-0.39, 0.29) is 36.3 Å². The van der Waals surface area contributed by atoms with Crippen LogP contribution in [-0.2, 0) is 27.3 Å². The second kappa shape index (κ2) is 23.9. The number of aliphatic hydroxyl groups excluding tert-OH is 1. The molecule has 0 radical (unpaired) electrons. The third-order valence-corrected chi connectivity index (χ3v) is 6.54. The summed E-state index contributed by atoms with van der Waals surface area (Å²) in [7, 11) is 0. The first-order chi connectivity index (χ1) is 21.9.